The summed E-state index contributed by atoms with van der Waals surface area (Å²) in [7, 11) is 0. The zero-order chi connectivity index (χ0) is 10.2. The Hall–Kier alpha value is -0.880. The second-order valence-electron chi connectivity index (χ2n) is 3.64. The van der Waals surface area contributed by atoms with Gasteiger partial charge in [-0.1, -0.05) is 22.0 Å². The van der Waals surface area contributed by atoms with E-state index in [1.54, 1.807) is 12.1 Å². The first-order valence-electron chi connectivity index (χ1n) is 4.55. The Labute approximate surface area is 90.7 Å². The summed E-state index contributed by atoms with van der Waals surface area (Å²) < 4.78 is 14.3. The lowest BCUT2D eigenvalue weighted by molar-refractivity contribution is 0.312. The van der Waals surface area contributed by atoms with Crippen molar-refractivity contribution in [3.05, 3.63) is 34.1 Å². The third-order valence-corrected chi connectivity index (χ3v) is 3.52. The van der Waals surface area contributed by atoms with Crippen LogP contribution >= 0.6 is 15.9 Å². The summed E-state index contributed by atoms with van der Waals surface area (Å²) in [5.41, 5.74) is -0.0433. The summed E-state index contributed by atoms with van der Waals surface area (Å²) in [4.78, 5) is 0. The number of benzene rings is 1. The molecule has 0 N–H and O–H groups in total. The molecule has 72 valence electrons. The van der Waals surface area contributed by atoms with E-state index in [9.17, 15) is 4.39 Å². The maximum atomic E-state index is 13.6. The minimum atomic E-state index is -0.579. The van der Waals surface area contributed by atoms with Crippen molar-refractivity contribution in [2.24, 2.45) is 0 Å². The molecule has 1 aliphatic carbocycles. The van der Waals surface area contributed by atoms with Crippen LogP contribution in [-0.4, -0.2) is 0 Å². The van der Waals surface area contributed by atoms with Crippen molar-refractivity contribution in [1.82, 2.24) is 0 Å². The first kappa shape index (κ1) is 9.67. The van der Waals surface area contributed by atoms with Crippen molar-refractivity contribution in [3.8, 4) is 6.07 Å². The summed E-state index contributed by atoms with van der Waals surface area (Å²) in [5, 5.41) is 9.10. The highest BCUT2D eigenvalue weighted by atomic mass is 79.9. The average molecular weight is 254 g/mol. The largest absolute Gasteiger partial charge is 0.207 e. The second kappa shape index (κ2) is 3.36. The van der Waals surface area contributed by atoms with Crippen LogP contribution in [0.3, 0.4) is 0 Å². The van der Waals surface area contributed by atoms with Gasteiger partial charge in [-0.05, 0) is 31.4 Å². The minimum Gasteiger partial charge on any atom is -0.207 e. The zero-order valence-electron chi connectivity index (χ0n) is 7.56. The SMILES string of the molecule is N#CC1(c2c(F)cccc2Br)CCC1. The number of rotatable bonds is 1. The van der Waals surface area contributed by atoms with Crippen LogP contribution in [0.4, 0.5) is 4.39 Å². The molecule has 0 bridgehead atoms. The number of nitrogens with zero attached hydrogens (tertiary/aromatic N) is 1. The molecule has 0 amide bonds. The molecule has 1 aliphatic rings. The number of hydrogen-bond donors (Lipinski definition) is 0. The average Bonchev–Trinajstić information content (AvgIpc) is 2.08. The molecule has 0 atom stereocenters. The molecule has 3 heteroatoms. The smallest absolute Gasteiger partial charge is 0.129 e. The molecular weight excluding hydrogens is 245 g/mol. The topological polar surface area (TPSA) is 23.8 Å². The fraction of sp³-hybridized carbons (Fsp3) is 0.364. The van der Waals surface area contributed by atoms with Crippen molar-refractivity contribution in [3.63, 3.8) is 0 Å². The van der Waals surface area contributed by atoms with Gasteiger partial charge in [-0.3, -0.25) is 0 Å². The van der Waals surface area contributed by atoms with Crippen LogP contribution in [0.1, 0.15) is 24.8 Å². The number of halogens is 2. The molecule has 0 radical (unpaired) electrons. The first-order chi connectivity index (χ1) is 6.69. The van der Waals surface area contributed by atoms with E-state index in [1.807, 2.05) is 0 Å². The molecule has 2 rings (SSSR count). The van der Waals surface area contributed by atoms with Crippen LogP contribution in [0.2, 0.25) is 0 Å². The highest BCUT2D eigenvalue weighted by Crippen LogP contribution is 2.46. The van der Waals surface area contributed by atoms with Crippen molar-refractivity contribution in [2.75, 3.05) is 0 Å². The highest BCUT2D eigenvalue weighted by molar-refractivity contribution is 9.10. The molecule has 1 nitrogen and oxygen atoms in total. The van der Waals surface area contributed by atoms with E-state index in [0.717, 1.165) is 19.3 Å². The van der Waals surface area contributed by atoms with Gasteiger partial charge in [0, 0.05) is 10.0 Å². The predicted molar refractivity (Wildman–Crippen MR) is 55.2 cm³/mol. The highest BCUT2D eigenvalue weighted by Gasteiger charge is 2.42. The Morgan fingerprint density at radius 3 is 2.57 bits per heavy atom. The Bertz CT molecular complexity index is 384. The molecule has 0 aliphatic heterocycles. The van der Waals surface area contributed by atoms with E-state index >= 15 is 0 Å². The molecule has 1 aromatic rings. The summed E-state index contributed by atoms with van der Waals surface area (Å²) in [6.07, 6.45) is 2.54. The Kier molecular flexibility index (Phi) is 2.32. The van der Waals surface area contributed by atoms with E-state index in [-0.39, 0.29) is 5.82 Å². The van der Waals surface area contributed by atoms with Crippen LogP contribution in [-0.2, 0) is 5.41 Å². The van der Waals surface area contributed by atoms with Crippen molar-refractivity contribution >= 4 is 15.9 Å². The quantitative estimate of drug-likeness (QED) is 0.752. The van der Waals surface area contributed by atoms with Crippen LogP contribution in [0.15, 0.2) is 22.7 Å². The van der Waals surface area contributed by atoms with E-state index < -0.39 is 5.41 Å². The lowest BCUT2D eigenvalue weighted by Crippen LogP contribution is -2.33. The van der Waals surface area contributed by atoms with E-state index in [4.69, 9.17) is 5.26 Å². The molecular formula is C11H9BrFN. The van der Waals surface area contributed by atoms with Gasteiger partial charge < -0.3 is 0 Å². The molecule has 1 aromatic carbocycles. The molecule has 0 saturated heterocycles. The normalized spacial score (nSPS) is 18.4. The Morgan fingerprint density at radius 1 is 1.43 bits per heavy atom. The maximum Gasteiger partial charge on any atom is 0.129 e. The number of nitriles is 1. The zero-order valence-corrected chi connectivity index (χ0v) is 9.14. The van der Waals surface area contributed by atoms with Crippen LogP contribution in [0.5, 0.6) is 0 Å². The Balaban J connectivity index is 2.56. The number of hydrogen-bond acceptors (Lipinski definition) is 1. The van der Waals surface area contributed by atoms with E-state index in [0.29, 0.717) is 10.0 Å². The van der Waals surface area contributed by atoms with Gasteiger partial charge in [0.05, 0.1) is 11.5 Å². The van der Waals surface area contributed by atoms with Crippen molar-refractivity contribution < 1.29 is 4.39 Å². The molecule has 0 aromatic heterocycles. The van der Waals surface area contributed by atoms with Crippen molar-refractivity contribution in [2.45, 2.75) is 24.7 Å². The predicted octanol–water partition coefficient (Wildman–Crippen LogP) is 3.53. The van der Waals surface area contributed by atoms with Crippen molar-refractivity contribution in [1.29, 1.82) is 5.26 Å². The van der Waals surface area contributed by atoms with Gasteiger partial charge in [-0.25, -0.2) is 4.39 Å². The summed E-state index contributed by atoms with van der Waals surface area (Å²) in [6.45, 7) is 0. The standard InChI is InChI=1S/C11H9BrFN/c12-8-3-1-4-9(13)10(8)11(7-14)5-2-6-11/h1,3-4H,2,5-6H2. The van der Waals surface area contributed by atoms with Crippen LogP contribution in [0, 0.1) is 17.1 Å². The molecule has 0 heterocycles. The molecule has 14 heavy (non-hydrogen) atoms. The fourth-order valence-corrected chi connectivity index (χ4v) is 2.62. The van der Waals surface area contributed by atoms with Gasteiger partial charge in [-0.2, -0.15) is 5.26 Å². The third kappa shape index (κ3) is 1.26. The Morgan fingerprint density at radius 2 is 2.14 bits per heavy atom. The van der Waals surface area contributed by atoms with E-state index in [2.05, 4.69) is 22.0 Å². The maximum absolute atomic E-state index is 13.6. The lowest BCUT2D eigenvalue weighted by Gasteiger charge is -2.36. The third-order valence-electron chi connectivity index (χ3n) is 2.86. The van der Waals surface area contributed by atoms with Gasteiger partial charge in [-0.15, -0.1) is 0 Å². The monoisotopic (exact) mass is 253 g/mol. The van der Waals surface area contributed by atoms with Gasteiger partial charge in [0.15, 0.2) is 0 Å². The molecule has 1 saturated carbocycles. The van der Waals surface area contributed by atoms with Crippen LogP contribution in [0.25, 0.3) is 0 Å². The lowest BCUT2D eigenvalue weighted by atomic mass is 9.65. The van der Waals surface area contributed by atoms with Gasteiger partial charge in [0.1, 0.15) is 5.82 Å². The molecule has 0 spiro atoms. The van der Waals surface area contributed by atoms with Gasteiger partial charge in [0.2, 0.25) is 0 Å². The summed E-state index contributed by atoms with van der Waals surface area (Å²) in [6, 6.07) is 7.09. The molecule has 1 fully saturated rings. The summed E-state index contributed by atoms with van der Waals surface area (Å²) in [5.74, 6) is -0.277. The fourth-order valence-electron chi connectivity index (χ4n) is 1.90. The van der Waals surface area contributed by atoms with E-state index in [1.165, 1.54) is 6.07 Å². The molecule has 0 unspecified atom stereocenters. The van der Waals surface area contributed by atoms with Gasteiger partial charge >= 0.3 is 0 Å². The summed E-state index contributed by atoms with van der Waals surface area (Å²) >= 11 is 3.31. The minimum absolute atomic E-state index is 0.277. The second-order valence-corrected chi connectivity index (χ2v) is 4.50. The first-order valence-corrected chi connectivity index (χ1v) is 5.35. The van der Waals surface area contributed by atoms with Gasteiger partial charge in [0.25, 0.3) is 0 Å². The van der Waals surface area contributed by atoms with Crippen LogP contribution < -0.4 is 0 Å².